The third-order valence-electron chi connectivity index (χ3n) is 2.52. The molecule has 100 valence electrons. The predicted molar refractivity (Wildman–Crippen MR) is 78.0 cm³/mol. The van der Waals surface area contributed by atoms with E-state index in [4.69, 9.17) is 23.2 Å². The summed E-state index contributed by atoms with van der Waals surface area (Å²) in [4.78, 5) is 27.3. The van der Waals surface area contributed by atoms with E-state index in [1.54, 1.807) is 6.07 Å². The molecule has 0 radical (unpaired) electrons. The van der Waals surface area contributed by atoms with Gasteiger partial charge in [0.1, 0.15) is 0 Å². The van der Waals surface area contributed by atoms with Gasteiger partial charge in [0, 0.05) is 5.56 Å². The minimum atomic E-state index is -0.460. The summed E-state index contributed by atoms with van der Waals surface area (Å²) in [6.07, 6.45) is 0.691. The zero-order valence-corrected chi connectivity index (χ0v) is 12.3. The minimum absolute atomic E-state index is 0.117. The van der Waals surface area contributed by atoms with E-state index in [0.717, 1.165) is 0 Å². The van der Waals surface area contributed by atoms with Crippen molar-refractivity contribution >= 4 is 51.9 Å². The molecule has 1 aromatic carbocycles. The Kier molecular flexibility index (Phi) is 4.50. The third kappa shape index (κ3) is 3.29. The van der Waals surface area contributed by atoms with Gasteiger partial charge in [0.05, 0.1) is 15.3 Å². The van der Waals surface area contributed by atoms with Gasteiger partial charge in [-0.1, -0.05) is 41.9 Å². The topological polar surface area (TPSA) is 58.5 Å². The van der Waals surface area contributed by atoms with Crippen LogP contribution in [0.3, 0.4) is 0 Å². The van der Waals surface area contributed by atoms with Crippen LogP contribution in [0.5, 0.6) is 0 Å². The number of nitrogens with one attached hydrogen (secondary N) is 1. The van der Waals surface area contributed by atoms with E-state index in [9.17, 15) is 9.59 Å². The van der Waals surface area contributed by atoms with Gasteiger partial charge in [-0.05, 0) is 24.6 Å². The number of thioether (sulfide) groups is 1. The van der Waals surface area contributed by atoms with Gasteiger partial charge in [-0.3, -0.25) is 9.59 Å². The molecule has 0 bridgehead atoms. The van der Waals surface area contributed by atoms with Gasteiger partial charge >= 0.3 is 0 Å². The van der Waals surface area contributed by atoms with Gasteiger partial charge in [-0.25, -0.2) is 0 Å². The minimum Gasteiger partial charge on any atom is -0.304 e. The molecule has 2 rings (SSSR count). The first-order valence-corrected chi connectivity index (χ1v) is 7.20. The normalized spacial score (nSPS) is 20.7. The van der Waals surface area contributed by atoms with Crippen LogP contribution >= 0.6 is 35.0 Å². The van der Waals surface area contributed by atoms with Crippen molar-refractivity contribution in [2.24, 2.45) is 4.99 Å². The number of hydrogen-bond donors (Lipinski definition) is 1. The van der Waals surface area contributed by atoms with Crippen molar-refractivity contribution in [1.82, 2.24) is 5.32 Å². The highest BCUT2D eigenvalue weighted by molar-refractivity contribution is 8.15. The van der Waals surface area contributed by atoms with Crippen LogP contribution in [0.25, 0.3) is 0 Å². The first-order chi connectivity index (χ1) is 9.01. The largest absolute Gasteiger partial charge is 0.304 e. The highest BCUT2D eigenvalue weighted by Crippen LogP contribution is 2.24. The number of carbonyl (C=O) groups excluding carboxylic acids is 2. The summed E-state index contributed by atoms with van der Waals surface area (Å²) >= 11 is 12.9. The first kappa shape index (κ1) is 14.4. The summed E-state index contributed by atoms with van der Waals surface area (Å²) < 4.78 is 0. The van der Waals surface area contributed by atoms with Crippen LogP contribution in [0.1, 0.15) is 23.7 Å². The third-order valence-corrected chi connectivity index (χ3v) is 4.50. The van der Waals surface area contributed by atoms with E-state index in [0.29, 0.717) is 27.2 Å². The second kappa shape index (κ2) is 5.94. The summed E-state index contributed by atoms with van der Waals surface area (Å²) in [5.74, 6) is -0.577. The van der Waals surface area contributed by atoms with E-state index in [2.05, 4.69) is 10.3 Å². The lowest BCUT2D eigenvalue weighted by atomic mass is 10.2. The number of hydrogen-bond acceptors (Lipinski definition) is 3. The number of benzene rings is 1. The Bertz CT molecular complexity index is 575. The fourth-order valence-electron chi connectivity index (χ4n) is 1.51. The van der Waals surface area contributed by atoms with Crippen LogP contribution < -0.4 is 5.32 Å². The number of aliphatic imine (C=N–C) groups is 1. The molecule has 1 heterocycles. The molecule has 1 aromatic rings. The quantitative estimate of drug-likeness (QED) is 0.911. The molecule has 4 nitrogen and oxygen atoms in total. The molecule has 0 saturated carbocycles. The maximum atomic E-state index is 11.9. The molecule has 0 aliphatic carbocycles. The lowest BCUT2D eigenvalue weighted by Gasteiger charge is -2.00. The molecule has 1 N–H and O–H groups in total. The van der Waals surface area contributed by atoms with Crippen LogP contribution in [0, 0.1) is 0 Å². The molecule has 0 unspecified atom stereocenters. The van der Waals surface area contributed by atoms with Crippen LogP contribution in [-0.4, -0.2) is 22.2 Å². The van der Waals surface area contributed by atoms with E-state index in [1.807, 2.05) is 6.92 Å². The molecule has 0 spiro atoms. The fraction of sp³-hybridized carbons (Fsp3) is 0.250. The smallest absolute Gasteiger partial charge is 0.279 e. The van der Waals surface area contributed by atoms with Gasteiger partial charge in [-0.15, -0.1) is 0 Å². The molecular weight excluding hydrogens is 307 g/mol. The van der Waals surface area contributed by atoms with Crippen LogP contribution in [0.2, 0.25) is 10.0 Å². The number of amides is 2. The van der Waals surface area contributed by atoms with Crippen molar-refractivity contribution in [3.8, 4) is 0 Å². The Morgan fingerprint density at radius 3 is 2.74 bits per heavy atom. The molecule has 0 aromatic heterocycles. The van der Waals surface area contributed by atoms with Gasteiger partial charge in [0.2, 0.25) is 5.91 Å². The number of nitrogens with zero attached hydrogens (tertiary/aromatic N) is 1. The van der Waals surface area contributed by atoms with Crippen molar-refractivity contribution in [1.29, 1.82) is 0 Å². The average Bonchev–Trinajstić information content (AvgIpc) is 2.72. The molecular formula is C12H10Cl2N2O2S. The Morgan fingerprint density at radius 2 is 2.16 bits per heavy atom. The lowest BCUT2D eigenvalue weighted by Crippen LogP contribution is -2.24. The number of rotatable bonds is 2. The zero-order valence-electron chi connectivity index (χ0n) is 9.94. The van der Waals surface area contributed by atoms with Crippen LogP contribution in [0.4, 0.5) is 0 Å². The fourth-order valence-corrected chi connectivity index (χ4v) is 2.71. The summed E-state index contributed by atoms with van der Waals surface area (Å²) in [6, 6.07) is 4.53. The van der Waals surface area contributed by atoms with Gasteiger partial charge in [-0.2, -0.15) is 4.99 Å². The lowest BCUT2D eigenvalue weighted by molar-refractivity contribution is -0.118. The number of amidine groups is 1. The predicted octanol–water partition coefficient (Wildman–Crippen LogP) is 3.13. The van der Waals surface area contributed by atoms with Crippen LogP contribution in [-0.2, 0) is 4.79 Å². The molecule has 1 aliphatic heterocycles. The maximum absolute atomic E-state index is 11.9. The Balaban J connectivity index is 2.17. The van der Waals surface area contributed by atoms with Gasteiger partial charge in [0.25, 0.3) is 5.91 Å². The number of carbonyl (C=O) groups is 2. The standard InChI is InChI=1S/C12H10Cl2N2O2S/c1-2-9-11(18)16-12(19-9)15-10(17)6-3-4-7(13)8(14)5-6/h3-5,9H,2H2,1H3,(H,15,16,17,18)/t9-/m0/s1. The second-order valence-corrected chi connectivity index (χ2v) is 5.86. The summed E-state index contributed by atoms with van der Waals surface area (Å²) in [6.45, 7) is 1.90. The zero-order chi connectivity index (χ0) is 14.0. The van der Waals surface area contributed by atoms with E-state index in [1.165, 1.54) is 23.9 Å². The van der Waals surface area contributed by atoms with Gasteiger partial charge < -0.3 is 5.32 Å². The maximum Gasteiger partial charge on any atom is 0.279 e. The van der Waals surface area contributed by atoms with E-state index in [-0.39, 0.29) is 11.2 Å². The molecule has 1 atom stereocenters. The number of halogens is 2. The summed E-state index contributed by atoms with van der Waals surface area (Å²) in [7, 11) is 0. The SMILES string of the molecule is CC[C@@H]1SC(=NC(=O)c2ccc(Cl)c(Cl)c2)NC1=O. The summed E-state index contributed by atoms with van der Waals surface area (Å²) in [5, 5.41) is 3.39. The van der Waals surface area contributed by atoms with Crippen LogP contribution in [0.15, 0.2) is 23.2 Å². The Hall–Kier alpha value is -1.04. The first-order valence-electron chi connectivity index (χ1n) is 5.57. The monoisotopic (exact) mass is 316 g/mol. The summed E-state index contributed by atoms with van der Waals surface area (Å²) in [5.41, 5.74) is 0.330. The van der Waals surface area contributed by atoms with Crippen molar-refractivity contribution in [2.75, 3.05) is 0 Å². The Labute approximate surface area is 124 Å². The Morgan fingerprint density at radius 1 is 1.42 bits per heavy atom. The molecule has 1 saturated heterocycles. The van der Waals surface area contributed by atoms with Crippen molar-refractivity contribution in [3.05, 3.63) is 33.8 Å². The highest BCUT2D eigenvalue weighted by atomic mass is 35.5. The van der Waals surface area contributed by atoms with Crippen molar-refractivity contribution in [3.63, 3.8) is 0 Å². The molecule has 19 heavy (non-hydrogen) atoms. The van der Waals surface area contributed by atoms with E-state index < -0.39 is 5.91 Å². The van der Waals surface area contributed by atoms with Gasteiger partial charge in [0.15, 0.2) is 5.17 Å². The molecule has 1 aliphatic rings. The molecule has 2 amide bonds. The second-order valence-electron chi connectivity index (χ2n) is 3.85. The highest BCUT2D eigenvalue weighted by Gasteiger charge is 2.29. The average molecular weight is 317 g/mol. The van der Waals surface area contributed by atoms with Crippen molar-refractivity contribution in [2.45, 2.75) is 18.6 Å². The molecule has 7 heteroatoms. The van der Waals surface area contributed by atoms with Crippen molar-refractivity contribution < 1.29 is 9.59 Å². The van der Waals surface area contributed by atoms with E-state index >= 15 is 0 Å². The molecule has 1 fully saturated rings.